The summed E-state index contributed by atoms with van der Waals surface area (Å²) in [6.07, 6.45) is 7.73. The minimum absolute atomic E-state index is 0.500. The summed E-state index contributed by atoms with van der Waals surface area (Å²) in [6, 6.07) is 3.06. The SMILES string of the molecule is CC1CC(Nc2nccn3nccc23)CCN1. The van der Waals surface area contributed by atoms with Crippen LogP contribution in [0, 0.1) is 0 Å². The molecule has 2 atom stereocenters. The number of hydrogen-bond donors (Lipinski definition) is 2. The van der Waals surface area contributed by atoms with Crippen LogP contribution in [0.25, 0.3) is 5.52 Å². The Hall–Kier alpha value is -1.62. The Morgan fingerprint density at radius 3 is 3.29 bits per heavy atom. The molecule has 90 valence electrons. The van der Waals surface area contributed by atoms with Gasteiger partial charge in [-0.3, -0.25) is 0 Å². The van der Waals surface area contributed by atoms with Gasteiger partial charge in [-0.15, -0.1) is 0 Å². The van der Waals surface area contributed by atoms with E-state index in [1.54, 1.807) is 12.4 Å². The van der Waals surface area contributed by atoms with E-state index in [2.05, 4.69) is 27.6 Å². The van der Waals surface area contributed by atoms with E-state index >= 15 is 0 Å². The lowest BCUT2D eigenvalue weighted by Gasteiger charge is -2.29. The highest BCUT2D eigenvalue weighted by molar-refractivity contribution is 5.67. The van der Waals surface area contributed by atoms with Crippen molar-refractivity contribution in [3.05, 3.63) is 24.7 Å². The van der Waals surface area contributed by atoms with Crippen molar-refractivity contribution in [2.45, 2.75) is 31.8 Å². The number of piperidine rings is 1. The van der Waals surface area contributed by atoms with Crippen molar-refractivity contribution in [1.29, 1.82) is 0 Å². The number of anilines is 1. The van der Waals surface area contributed by atoms with Crippen LogP contribution >= 0.6 is 0 Å². The molecule has 3 rings (SSSR count). The van der Waals surface area contributed by atoms with Gasteiger partial charge < -0.3 is 10.6 Å². The molecule has 1 saturated heterocycles. The monoisotopic (exact) mass is 231 g/mol. The maximum absolute atomic E-state index is 4.41. The smallest absolute Gasteiger partial charge is 0.152 e. The van der Waals surface area contributed by atoms with E-state index < -0.39 is 0 Å². The summed E-state index contributed by atoms with van der Waals surface area (Å²) >= 11 is 0. The second-order valence-corrected chi connectivity index (χ2v) is 4.66. The fourth-order valence-electron chi connectivity index (χ4n) is 2.43. The number of aromatic nitrogens is 3. The van der Waals surface area contributed by atoms with Crippen molar-refractivity contribution >= 4 is 11.3 Å². The number of nitrogens with one attached hydrogen (secondary N) is 2. The molecule has 0 aromatic carbocycles. The van der Waals surface area contributed by atoms with Crippen LogP contribution in [0.3, 0.4) is 0 Å². The van der Waals surface area contributed by atoms with Crippen molar-refractivity contribution in [3.8, 4) is 0 Å². The Bertz CT molecular complexity index is 506. The van der Waals surface area contributed by atoms with Gasteiger partial charge in [0.25, 0.3) is 0 Å². The van der Waals surface area contributed by atoms with Gasteiger partial charge in [-0.2, -0.15) is 5.10 Å². The number of fused-ring (bicyclic) bond motifs is 1. The Morgan fingerprint density at radius 1 is 1.47 bits per heavy atom. The Kier molecular flexibility index (Phi) is 2.68. The van der Waals surface area contributed by atoms with E-state index in [-0.39, 0.29) is 0 Å². The van der Waals surface area contributed by atoms with Gasteiger partial charge in [0.05, 0.1) is 6.20 Å². The first-order chi connectivity index (χ1) is 8.33. The molecule has 2 unspecified atom stereocenters. The molecule has 3 heterocycles. The molecule has 0 radical (unpaired) electrons. The molecule has 0 aliphatic carbocycles. The standard InChI is InChI=1S/C12H17N5/c1-9-8-10(2-4-13-9)16-12-11-3-5-15-17(11)7-6-14-12/h3,5-7,9-10,13H,2,4,8H2,1H3,(H,14,16). The van der Waals surface area contributed by atoms with Crippen LogP contribution in [0.2, 0.25) is 0 Å². The molecule has 1 aliphatic heterocycles. The fraction of sp³-hybridized carbons (Fsp3) is 0.500. The Morgan fingerprint density at radius 2 is 2.41 bits per heavy atom. The van der Waals surface area contributed by atoms with Crippen LogP contribution < -0.4 is 10.6 Å². The molecule has 5 heteroatoms. The first-order valence-electron chi connectivity index (χ1n) is 6.11. The first-order valence-corrected chi connectivity index (χ1v) is 6.11. The van der Waals surface area contributed by atoms with Gasteiger partial charge in [-0.25, -0.2) is 9.50 Å². The quantitative estimate of drug-likeness (QED) is 0.817. The predicted octanol–water partition coefficient (Wildman–Crippen LogP) is 1.28. The molecule has 2 N–H and O–H groups in total. The molecule has 1 fully saturated rings. The van der Waals surface area contributed by atoms with Crippen LogP contribution in [0.15, 0.2) is 24.7 Å². The minimum atomic E-state index is 0.500. The van der Waals surface area contributed by atoms with Gasteiger partial charge >= 0.3 is 0 Å². The lowest BCUT2D eigenvalue weighted by Crippen LogP contribution is -2.41. The fourth-order valence-corrected chi connectivity index (χ4v) is 2.43. The molecule has 2 aromatic rings. The van der Waals surface area contributed by atoms with Crippen molar-refractivity contribution in [3.63, 3.8) is 0 Å². The summed E-state index contributed by atoms with van der Waals surface area (Å²) in [5, 5.41) is 11.2. The largest absolute Gasteiger partial charge is 0.365 e. The van der Waals surface area contributed by atoms with Crippen molar-refractivity contribution < 1.29 is 0 Å². The number of hydrogen-bond acceptors (Lipinski definition) is 4. The number of rotatable bonds is 2. The summed E-state index contributed by atoms with van der Waals surface area (Å²) in [6.45, 7) is 3.29. The highest BCUT2D eigenvalue weighted by atomic mass is 15.2. The summed E-state index contributed by atoms with van der Waals surface area (Å²) in [5.74, 6) is 0.934. The van der Waals surface area contributed by atoms with Gasteiger partial charge in [-0.05, 0) is 32.4 Å². The molecule has 2 aromatic heterocycles. The zero-order valence-corrected chi connectivity index (χ0v) is 9.93. The third kappa shape index (κ3) is 2.10. The van der Waals surface area contributed by atoms with Crippen LogP contribution in [0.4, 0.5) is 5.82 Å². The van der Waals surface area contributed by atoms with Crippen molar-refractivity contribution in [2.75, 3.05) is 11.9 Å². The van der Waals surface area contributed by atoms with Crippen LogP contribution in [0.1, 0.15) is 19.8 Å². The average Bonchev–Trinajstić information content (AvgIpc) is 2.78. The molecular weight excluding hydrogens is 214 g/mol. The maximum atomic E-state index is 4.41. The number of nitrogens with zero attached hydrogens (tertiary/aromatic N) is 3. The van der Waals surface area contributed by atoms with Crippen LogP contribution in [0.5, 0.6) is 0 Å². The van der Waals surface area contributed by atoms with E-state index in [4.69, 9.17) is 0 Å². The molecule has 0 amide bonds. The average molecular weight is 231 g/mol. The summed E-state index contributed by atoms with van der Waals surface area (Å²) in [7, 11) is 0. The Labute approximate surface area is 100 Å². The highest BCUT2D eigenvalue weighted by Crippen LogP contribution is 2.18. The molecule has 0 bridgehead atoms. The van der Waals surface area contributed by atoms with Gasteiger partial charge in [0.2, 0.25) is 0 Å². The lowest BCUT2D eigenvalue weighted by molar-refractivity contribution is 0.396. The zero-order chi connectivity index (χ0) is 11.7. The Balaban J connectivity index is 1.82. The van der Waals surface area contributed by atoms with Crippen LogP contribution in [-0.4, -0.2) is 33.2 Å². The van der Waals surface area contributed by atoms with E-state index in [0.717, 1.165) is 30.7 Å². The molecule has 0 saturated carbocycles. The third-order valence-corrected chi connectivity index (χ3v) is 3.29. The first kappa shape index (κ1) is 10.5. The third-order valence-electron chi connectivity index (χ3n) is 3.29. The molecular formula is C12H17N5. The van der Waals surface area contributed by atoms with E-state index in [1.807, 2.05) is 16.8 Å². The normalized spacial score (nSPS) is 25.0. The second kappa shape index (κ2) is 4.33. The minimum Gasteiger partial charge on any atom is -0.365 e. The van der Waals surface area contributed by atoms with E-state index in [1.165, 1.54) is 0 Å². The van der Waals surface area contributed by atoms with E-state index in [9.17, 15) is 0 Å². The lowest BCUT2D eigenvalue weighted by atomic mass is 10.0. The van der Waals surface area contributed by atoms with Crippen molar-refractivity contribution in [1.82, 2.24) is 19.9 Å². The van der Waals surface area contributed by atoms with Gasteiger partial charge in [0.1, 0.15) is 5.52 Å². The zero-order valence-electron chi connectivity index (χ0n) is 9.93. The van der Waals surface area contributed by atoms with Crippen LogP contribution in [-0.2, 0) is 0 Å². The van der Waals surface area contributed by atoms with Gasteiger partial charge in [-0.1, -0.05) is 0 Å². The van der Waals surface area contributed by atoms with E-state index in [0.29, 0.717) is 12.1 Å². The summed E-state index contributed by atoms with van der Waals surface area (Å²) in [5.41, 5.74) is 1.04. The molecule has 17 heavy (non-hydrogen) atoms. The van der Waals surface area contributed by atoms with Crippen molar-refractivity contribution in [2.24, 2.45) is 0 Å². The topological polar surface area (TPSA) is 54.2 Å². The van der Waals surface area contributed by atoms with Gasteiger partial charge in [0.15, 0.2) is 5.82 Å². The molecule has 5 nitrogen and oxygen atoms in total. The molecule has 1 aliphatic rings. The molecule has 0 spiro atoms. The second-order valence-electron chi connectivity index (χ2n) is 4.66. The summed E-state index contributed by atoms with van der Waals surface area (Å²) in [4.78, 5) is 4.41. The predicted molar refractivity (Wildman–Crippen MR) is 67.1 cm³/mol. The maximum Gasteiger partial charge on any atom is 0.152 e. The summed E-state index contributed by atoms with van der Waals surface area (Å²) < 4.78 is 1.85. The van der Waals surface area contributed by atoms with Gasteiger partial charge in [0, 0.05) is 24.5 Å². The highest BCUT2D eigenvalue weighted by Gasteiger charge is 2.19.